The highest BCUT2D eigenvalue weighted by Gasteiger charge is 2.06. The summed E-state index contributed by atoms with van der Waals surface area (Å²) < 4.78 is 1.13. The number of nitrogens with zero attached hydrogens (tertiary/aromatic N) is 2. The first-order valence-corrected chi connectivity index (χ1v) is 7.03. The number of aromatic nitrogens is 1. The highest BCUT2D eigenvalue weighted by molar-refractivity contribution is 9.10. The van der Waals surface area contributed by atoms with E-state index in [4.69, 9.17) is 5.73 Å². The number of benzene rings is 1. The van der Waals surface area contributed by atoms with Crippen LogP contribution in [-0.2, 0) is 6.54 Å². The van der Waals surface area contributed by atoms with Crippen molar-refractivity contribution in [3.8, 4) is 0 Å². The van der Waals surface area contributed by atoms with Crippen molar-refractivity contribution in [2.75, 3.05) is 11.9 Å². The van der Waals surface area contributed by atoms with Crippen molar-refractivity contribution in [3.63, 3.8) is 0 Å². The van der Waals surface area contributed by atoms with E-state index >= 15 is 0 Å². The molecule has 2 aromatic rings. The van der Waals surface area contributed by atoms with Gasteiger partial charge in [-0.25, -0.2) is 0 Å². The molecule has 0 saturated heterocycles. The monoisotopic (exact) mass is 319 g/mol. The molecule has 0 fully saturated rings. The van der Waals surface area contributed by atoms with E-state index in [1.165, 1.54) is 5.56 Å². The summed E-state index contributed by atoms with van der Waals surface area (Å²) in [6, 6.07) is 12.3. The van der Waals surface area contributed by atoms with Crippen molar-refractivity contribution in [1.82, 2.24) is 4.98 Å². The molecule has 3 nitrogen and oxygen atoms in total. The Morgan fingerprint density at radius 1 is 1.26 bits per heavy atom. The van der Waals surface area contributed by atoms with Crippen molar-refractivity contribution < 1.29 is 0 Å². The van der Waals surface area contributed by atoms with Crippen molar-refractivity contribution in [2.45, 2.75) is 19.5 Å². The minimum atomic E-state index is -0.0253. The molecule has 1 heterocycles. The molecule has 1 atom stereocenters. The van der Waals surface area contributed by atoms with Crippen LogP contribution < -0.4 is 10.6 Å². The minimum Gasteiger partial charge on any atom is -0.369 e. The molecule has 2 rings (SSSR count). The lowest BCUT2D eigenvalue weighted by atomic mass is 10.2. The molecule has 0 radical (unpaired) electrons. The van der Waals surface area contributed by atoms with Gasteiger partial charge in [0, 0.05) is 24.1 Å². The molecule has 0 amide bonds. The minimum absolute atomic E-state index is 0.0253. The third-order valence-electron chi connectivity index (χ3n) is 3.04. The predicted octanol–water partition coefficient (Wildman–Crippen LogP) is 3.50. The van der Waals surface area contributed by atoms with Crippen LogP contribution in [0.4, 0.5) is 5.69 Å². The van der Waals surface area contributed by atoms with Crippen molar-refractivity contribution in [2.24, 2.45) is 5.73 Å². The molecule has 2 N–H and O–H groups in total. The van der Waals surface area contributed by atoms with Gasteiger partial charge in [-0.3, -0.25) is 4.98 Å². The standard InChI is InChI=1S/C15H18BrN3/c1-11(17)15-8-7-13(9-18-15)19(2)10-12-5-3-4-6-14(12)16/h3-9,11H,10,17H2,1-2H3/t11-/m0/s1. The quantitative estimate of drug-likeness (QED) is 0.937. The molecular formula is C15H18BrN3. The second-order valence-electron chi connectivity index (χ2n) is 4.68. The van der Waals surface area contributed by atoms with Gasteiger partial charge in [-0.15, -0.1) is 0 Å². The summed E-state index contributed by atoms with van der Waals surface area (Å²) in [7, 11) is 2.06. The SMILES string of the molecule is C[C@H](N)c1ccc(N(C)Cc2ccccc2Br)cn1. The van der Waals surface area contributed by atoms with Gasteiger partial charge >= 0.3 is 0 Å². The zero-order valence-electron chi connectivity index (χ0n) is 11.2. The number of rotatable bonds is 4. The Balaban J connectivity index is 2.12. The summed E-state index contributed by atoms with van der Waals surface area (Å²) in [5, 5.41) is 0. The van der Waals surface area contributed by atoms with Gasteiger partial charge in [0.1, 0.15) is 0 Å². The highest BCUT2D eigenvalue weighted by Crippen LogP contribution is 2.21. The molecule has 0 bridgehead atoms. The molecule has 0 saturated carbocycles. The first kappa shape index (κ1) is 14.0. The summed E-state index contributed by atoms with van der Waals surface area (Å²) in [5.74, 6) is 0. The number of pyridine rings is 1. The van der Waals surface area contributed by atoms with E-state index in [1.807, 2.05) is 31.3 Å². The van der Waals surface area contributed by atoms with Crippen LogP contribution in [0.3, 0.4) is 0 Å². The summed E-state index contributed by atoms with van der Waals surface area (Å²) in [5.41, 5.74) is 9.05. The van der Waals surface area contributed by atoms with Crippen LogP contribution in [-0.4, -0.2) is 12.0 Å². The number of halogens is 1. The highest BCUT2D eigenvalue weighted by atomic mass is 79.9. The second kappa shape index (κ2) is 6.17. The van der Waals surface area contributed by atoms with Crippen molar-refractivity contribution in [3.05, 3.63) is 58.3 Å². The van der Waals surface area contributed by atoms with Crippen molar-refractivity contribution >= 4 is 21.6 Å². The average Bonchev–Trinajstić information content (AvgIpc) is 2.41. The Labute approximate surface area is 122 Å². The van der Waals surface area contributed by atoms with Crippen LogP contribution in [0.15, 0.2) is 47.1 Å². The largest absolute Gasteiger partial charge is 0.369 e. The number of hydrogen-bond acceptors (Lipinski definition) is 3. The maximum Gasteiger partial charge on any atom is 0.0569 e. The molecule has 0 aliphatic rings. The summed E-state index contributed by atoms with van der Waals surface area (Å²) in [4.78, 5) is 6.55. The average molecular weight is 320 g/mol. The molecule has 4 heteroatoms. The summed E-state index contributed by atoms with van der Waals surface area (Å²) >= 11 is 3.57. The molecule has 1 aromatic carbocycles. The normalized spacial score (nSPS) is 12.2. The first-order valence-electron chi connectivity index (χ1n) is 6.24. The van der Waals surface area contributed by atoms with Crippen LogP contribution in [0.1, 0.15) is 24.2 Å². The van der Waals surface area contributed by atoms with E-state index < -0.39 is 0 Å². The van der Waals surface area contributed by atoms with E-state index in [-0.39, 0.29) is 6.04 Å². The van der Waals surface area contributed by atoms with Gasteiger partial charge in [0.05, 0.1) is 17.6 Å². The van der Waals surface area contributed by atoms with Gasteiger partial charge in [0.2, 0.25) is 0 Å². The number of nitrogens with two attached hydrogens (primary N) is 1. The van der Waals surface area contributed by atoms with E-state index in [9.17, 15) is 0 Å². The van der Waals surface area contributed by atoms with Gasteiger partial charge < -0.3 is 10.6 Å². The zero-order valence-corrected chi connectivity index (χ0v) is 12.8. The van der Waals surface area contributed by atoms with E-state index in [1.54, 1.807) is 0 Å². The Morgan fingerprint density at radius 3 is 2.58 bits per heavy atom. The van der Waals surface area contributed by atoms with Crippen LogP contribution >= 0.6 is 15.9 Å². The molecule has 0 spiro atoms. The van der Waals surface area contributed by atoms with Crippen LogP contribution in [0.2, 0.25) is 0 Å². The van der Waals surface area contributed by atoms with Gasteiger partial charge in [0.15, 0.2) is 0 Å². The number of anilines is 1. The van der Waals surface area contributed by atoms with Crippen molar-refractivity contribution in [1.29, 1.82) is 0 Å². The molecule has 0 unspecified atom stereocenters. The van der Waals surface area contributed by atoms with Gasteiger partial charge in [-0.05, 0) is 30.7 Å². The molecule has 100 valence electrons. The van der Waals surface area contributed by atoms with Gasteiger partial charge in [-0.1, -0.05) is 34.1 Å². The number of hydrogen-bond donors (Lipinski definition) is 1. The maximum atomic E-state index is 5.80. The zero-order chi connectivity index (χ0) is 13.8. The molecule has 1 aromatic heterocycles. The van der Waals surface area contributed by atoms with Crippen LogP contribution in [0.25, 0.3) is 0 Å². The predicted molar refractivity (Wildman–Crippen MR) is 83.1 cm³/mol. The fraction of sp³-hybridized carbons (Fsp3) is 0.267. The third-order valence-corrected chi connectivity index (χ3v) is 3.82. The fourth-order valence-corrected chi connectivity index (χ4v) is 2.28. The maximum absolute atomic E-state index is 5.80. The first-order chi connectivity index (χ1) is 9.08. The van der Waals surface area contributed by atoms with E-state index in [2.05, 4.69) is 51.1 Å². The molecular weight excluding hydrogens is 302 g/mol. The fourth-order valence-electron chi connectivity index (χ4n) is 1.87. The Bertz CT molecular complexity index is 537. The Morgan fingerprint density at radius 2 is 2.00 bits per heavy atom. The summed E-state index contributed by atoms with van der Waals surface area (Å²) in [6.07, 6.45) is 1.87. The van der Waals surface area contributed by atoms with E-state index in [0.29, 0.717) is 0 Å². The Kier molecular flexibility index (Phi) is 4.56. The lowest BCUT2D eigenvalue weighted by Gasteiger charge is -2.20. The smallest absolute Gasteiger partial charge is 0.0569 e. The molecule has 19 heavy (non-hydrogen) atoms. The lowest BCUT2D eigenvalue weighted by molar-refractivity contribution is 0.779. The lowest BCUT2D eigenvalue weighted by Crippen LogP contribution is -2.17. The second-order valence-corrected chi connectivity index (χ2v) is 5.53. The molecule has 0 aliphatic carbocycles. The third kappa shape index (κ3) is 3.55. The summed E-state index contributed by atoms with van der Waals surface area (Å²) in [6.45, 7) is 2.77. The van der Waals surface area contributed by atoms with Crippen LogP contribution in [0, 0.1) is 0 Å². The Hall–Kier alpha value is -1.39. The topological polar surface area (TPSA) is 42.1 Å². The van der Waals surface area contributed by atoms with Crippen LogP contribution in [0.5, 0.6) is 0 Å². The van der Waals surface area contributed by atoms with Gasteiger partial charge in [-0.2, -0.15) is 0 Å². The van der Waals surface area contributed by atoms with Gasteiger partial charge in [0.25, 0.3) is 0 Å². The molecule has 0 aliphatic heterocycles. The van der Waals surface area contributed by atoms with E-state index in [0.717, 1.165) is 22.4 Å².